The van der Waals surface area contributed by atoms with E-state index in [0.29, 0.717) is 5.69 Å². The van der Waals surface area contributed by atoms with E-state index in [0.717, 1.165) is 12.0 Å². The average Bonchev–Trinajstić information content (AvgIpc) is 2.44. The maximum atomic E-state index is 11.7. The number of rotatable bonds is 3. The molecule has 0 unspecified atom stereocenters. The third-order valence-corrected chi connectivity index (χ3v) is 2.39. The predicted molar refractivity (Wildman–Crippen MR) is 70.4 cm³/mol. The monoisotopic (exact) mass is 255 g/mol. The molecular weight excluding hydrogens is 242 g/mol. The van der Waals surface area contributed by atoms with E-state index in [-0.39, 0.29) is 11.4 Å². The number of para-hydroxylation sites is 1. The van der Waals surface area contributed by atoms with Crippen molar-refractivity contribution in [1.29, 1.82) is 10.5 Å². The molecule has 0 radical (unpaired) electrons. The second-order valence-electron chi connectivity index (χ2n) is 3.60. The van der Waals surface area contributed by atoms with Crippen molar-refractivity contribution in [2.24, 2.45) is 5.73 Å². The second-order valence-corrected chi connectivity index (χ2v) is 3.60. The molecule has 4 N–H and O–H groups in total. The van der Waals surface area contributed by atoms with E-state index in [1.54, 1.807) is 24.3 Å². The second kappa shape index (κ2) is 6.67. The van der Waals surface area contributed by atoms with Gasteiger partial charge in [-0.2, -0.15) is 10.5 Å². The van der Waals surface area contributed by atoms with Gasteiger partial charge in [-0.25, -0.2) is 4.79 Å². The Morgan fingerprint density at radius 3 is 2.58 bits per heavy atom. The van der Waals surface area contributed by atoms with E-state index >= 15 is 0 Å². The molecule has 1 aromatic rings. The molecule has 1 rings (SSSR count). The molecule has 0 bridgehead atoms. The number of amides is 2. The number of carbonyl (C=O) groups excluding carboxylic acids is 1. The molecule has 0 aromatic heterocycles. The number of anilines is 1. The van der Waals surface area contributed by atoms with Crippen molar-refractivity contribution in [3.8, 4) is 12.1 Å². The summed E-state index contributed by atoms with van der Waals surface area (Å²) in [5.41, 5.74) is 6.29. The Kier molecular flexibility index (Phi) is 4.94. The Hall–Kier alpha value is -2.99. The maximum absolute atomic E-state index is 11.7. The number of allylic oxidation sites excluding steroid dienone is 2. The summed E-state index contributed by atoms with van der Waals surface area (Å²) in [6.45, 7) is 1.96. The highest BCUT2D eigenvalue weighted by molar-refractivity contribution is 5.91. The SMILES string of the molecule is CCc1ccccc1NC(=O)N/C(C#N)=C(\N)C#N. The molecule has 96 valence electrons. The van der Waals surface area contributed by atoms with Crippen LogP contribution in [-0.2, 0) is 6.42 Å². The zero-order valence-corrected chi connectivity index (χ0v) is 10.4. The fourth-order valence-corrected chi connectivity index (χ4v) is 1.43. The van der Waals surface area contributed by atoms with E-state index in [2.05, 4.69) is 10.6 Å². The molecular formula is C13H13N5O. The Labute approximate surface area is 111 Å². The van der Waals surface area contributed by atoms with Crippen molar-refractivity contribution in [3.05, 3.63) is 41.2 Å². The number of nitriles is 2. The molecule has 0 aliphatic rings. The number of nitrogens with two attached hydrogens (primary N) is 1. The van der Waals surface area contributed by atoms with Crippen LogP contribution < -0.4 is 16.4 Å². The number of aryl methyl sites for hydroxylation is 1. The van der Waals surface area contributed by atoms with Crippen LogP contribution in [0.5, 0.6) is 0 Å². The van der Waals surface area contributed by atoms with Crippen molar-refractivity contribution < 1.29 is 4.79 Å². The summed E-state index contributed by atoms with van der Waals surface area (Å²) in [6.07, 6.45) is 0.762. The molecule has 19 heavy (non-hydrogen) atoms. The van der Waals surface area contributed by atoms with Gasteiger partial charge in [0, 0.05) is 5.69 Å². The molecule has 0 aliphatic carbocycles. The van der Waals surface area contributed by atoms with E-state index in [4.69, 9.17) is 16.3 Å². The minimum atomic E-state index is -0.615. The molecule has 0 fully saturated rings. The molecule has 6 heteroatoms. The number of benzene rings is 1. The summed E-state index contributed by atoms with van der Waals surface area (Å²) >= 11 is 0. The molecule has 0 heterocycles. The minimum Gasteiger partial charge on any atom is -0.388 e. The minimum absolute atomic E-state index is 0.269. The normalized spacial score (nSPS) is 10.7. The van der Waals surface area contributed by atoms with Gasteiger partial charge in [-0.3, -0.25) is 5.32 Å². The van der Waals surface area contributed by atoms with Crippen molar-refractivity contribution in [1.82, 2.24) is 5.32 Å². The van der Waals surface area contributed by atoms with Crippen LogP contribution in [0.2, 0.25) is 0 Å². The maximum Gasteiger partial charge on any atom is 0.324 e. The van der Waals surface area contributed by atoms with Crippen molar-refractivity contribution in [3.63, 3.8) is 0 Å². The third-order valence-electron chi connectivity index (χ3n) is 2.39. The third kappa shape index (κ3) is 3.76. The summed E-state index contributed by atoms with van der Waals surface area (Å²) in [6, 6.07) is 9.95. The number of hydrogen-bond acceptors (Lipinski definition) is 4. The Morgan fingerprint density at radius 1 is 1.32 bits per heavy atom. The van der Waals surface area contributed by atoms with Crippen LogP contribution in [-0.4, -0.2) is 6.03 Å². The predicted octanol–water partition coefficient (Wildman–Crippen LogP) is 1.59. The van der Waals surface area contributed by atoms with Crippen LogP contribution in [0.3, 0.4) is 0 Å². The number of carbonyl (C=O) groups is 1. The van der Waals surface area contributed by atoms with E-state index in [9.17, 15) is 4.79 Å². The van der Waals surface area contributed by atoms with Gasteiger partial charge >= 0.3 is 6.03 Å². The van der Waals surface area contributed by atoms with Crippen LogP contribution in [0.15, 0.2) is 35.7 Å². The fourth-order valence-electron chi connectivity index (χ4n) is 1.43. The quantitative estimate of drug-likeness (QED) is 0.711. The van der Waals surface area contributed by atoms with E-state index < -0.39 is 6.03 Å². The van der Waals surface area contributed by atoms with Gasteiger partial charge < -0.3 is 11.1 Å². The molecule has 6 nitrogen and oxygen atoms in total. The molecule has 0 aliphatic heterocycles. The lowest BCUT2D eigenvalue weighted by atomic mass is 10.1. The van der Waals surface area contributed by atoms with Crippen LogP contribution in [0.25, 0.3) is 0 Å². The van der Waals surface area contributed by atoms with Gasteiger partial charge in [0.1, 0.15) is 17.8 Å². The Morgan fingerprint density at radius 2 is 2.00 bits per heavy atom. The average molecular weight is 255 g/mol. The van der Waals surface area contributed by atoms with Crippen LogP contribution in [0.4, 0.5) is 10.5 Å². The summed E-state index contributed by atoms with van der Waals surface area (Å²) in [4.78, 5) is 11.7. The lowest BCUT2D eigenvalue weighted by Crippen LogP contribution is -2.29. The molecule has 2 amide bonds. The lowest BCUT2D eigenvalue weighted by molar-refractivity contribution is 0.254. The number of hydrogen-bond donors (Lipinski definition) is 3. The number of nitrogens with one attached hydrogen (secondary N) is 2. The number of urea groups is 1. The van der Waals surface area contributed by atoms with Gasteiger partial charge in [-0.15, -0.1) is 0 Å². The molecule has 1 aromatic carbocycles. The summed E-state index contributed by atoms with van der Waals surface area (Å²) in [5.74, 6) is 0. The largest absolute Gasteiger partial charge is 0.388 e. The molecule has 0 saturated carbocycles. The smallest absolute Gasteiger partial charge is 0.324 e. The number of nitrogens with zero attached hydrogens (tertiary/aromatic N) is 2. The summed E-state index contributed by atoms with van der Waals surface area (Å²) < 4.78 is 0. The van der Waals surface area contributed by atoms with Gasteiger partial charge in [-0.1, -0.05) is 25.1 Å². The highest BCUT2D eigenvalue weighted by atomic mass is 16.2. The van der Waals surface area contributed by atoms with E-state index in [1.165, 1.54) is 0 Å². The molecule has 0 spiro atoms. The van der Waals surface area contributed by atoms with Crippen LogP contribution in [0.1, 0.15) is 12.5 Å². The summed E-state index contributed by atoms with van der Waals surface area (Å²) in [5, 5.41) is 22.2. The van der Waals surface area contributed by atoms with Crippen LogP contribution in [0, 0.1) is 22.7 Å². The summed E-state index contributed by atoms with van der Waals surface area (Å²) in [7, 11) is 0. The van der Waals surface area contributed by atoms with Crippen molar-refractivity contribution in [2.75, 3.05) is 5.32 Å². The van der Waals surface area contributed by atoms with Gasteiger partial charge in [0.25, 0.3) is 0 Å². The molecule has 0 saturated heterocycles. The van der Waals surface area contributed by atoms with Crippen LogP contribution >= 0.6 is 0 Å². The fraction of sp³-hybridized carbons (Fsp3) is 0.154. The first-order valence-corrected chi connectivity index (χ1v) is 5.58. The van der Waals surface area contributed by atoms with E-state index in [1.807, 2.05) is 19.1 Å². The topological polar surface area (TPSA) is 115 Å². The van der Waals surface area contributed by atoms with Gasteiger partial charge in [0.15, 0.2) is 5.70 Å². The van der Waals surface area contributed by atoms with Crippen molar-refractivity contribution >= 4 is 11.7 Å². The Bertz CT molecular complexity index is 592. The highest BCUT2D eigenvalue weighted by Gasteiger charge is 2.09. The standard InChI is InChI=1S/C13H13N5O/c1-2-9-5-3-4-6-11(9)17-13(19)18-12(8-15)10(16)7-14/h3-6H,2,16H2,1H3,(H2,17,18,19)/b12-10-. The van der Waals surface area contributed by atoms with Gasteiger partial charge in [0.05, 0.1) is 0 Å². The first-order chi connectivity index (χ1) is 9.12. The van der Waals surface area contributed by atoms with Gasteiger partial charge in [0.2, 0.25) is 0 Å². The zero-order chi connectivity index (χ0) is 14.3. The molecule has 0 atom stereocenters. The lowest BCUT2D eigenvalue weighted by Gasteiger charge is -2.10. The highest BCUT2D eigenvalue weighted by Crippen LogP contribution is 2.15. The Balaban J connectivity index is 2.82. The first kappa shape index (κ1) is 14.1. The first-order valence-electron chi connectivity index (χ1n) is 5.58. The van der Waals surface area contributed by atoms with Crippen molar-refractivity contribution in [2.45, 2.75) is 13.3 Å². The van der Waals surface area contributed by atoms with Gasteiger partial charge in [-0.05, 0) is 18.1 Å². The zero-order valence-electron chi connectivity index (χ0n) is 10.4.